The summed E-state index contributed by atoms with van der Waals surface area (Å²) in [5.41, 5.74) is 2.52. The fourth-order valence-corrected chi connectivity index (χ4v) is 3.95. The molecule has 2 aliphatic rings. The lowest BCUT2D eigenvalue weighted by Gasteiger charge is -2.29. The van der Waals surface area contributed by atoms with Crippen LogP contribution in [0.5, 0.6) is 0 Å². The van der Waals surface area contributed by atoms with Gasteiger partial charge >= 0.3 is 0 Å². The first-order valence-electron chi connectivity index (χ1n) is 9.26. The van der Waals surface area contributed by atoms with E-state index in [1.807, 2.05) is 17.0 Å². The van der Waals surface area contributed by atoms with E-state index in [9.17, 15) is 9.59 Å². The number of benzene rings is 1. The molecule has 0 radical (unpaired) electrons. The fraction of sp³-hybridized carbons (Fsp3) is 0.400. The normalized spacial score (nSPS) is 19.1. The molecule has 1 aromatic carbocycles. The van der Waals surface area contributed by atoms with Crippen molar-refractivity contribution in [2.24, 2.45) is 0 Å². The number of hydrogen-bond donors (Lipinski definition) is 0. The second-order valence-corrected chi connectivity index (χ2v) is 6.96. The number of carbonyl (C=O) groups excluding carboxylic acids is 2. The Bertz CT molecular complexity index is 904. The molecule has 4 rings (SSSR count). The van der Waals surface area contributed by atoms with E-state index in [-0.39, 0.29) is 17.9 Å². The van der Waals surface area contributed by atoms with E-state index >= 15 is 0 Å². The molecule has 0 saturated carbocycles. The molecule has 0 aliphatic carbocycles. The highest BCUT2D eigenvalue weighted by atomic mass is 16.4. The molecule has 3 heterocycles. The monoisotopic (exact) mass is 366 g/mol. The summed E-state index contributed by atoms with van der Waals surface area (Å²) >= 11 is 0. The molecule has 2 amide bonds. The van der Waals surface area contributed by atoms with Gasteiger partial charge in [-0.25, -0.2) is 0 Å². The molecule has 0 N–H and O–H groups in total. The topological polar surface area (TPSA) is 79.5 Å². The van der Waals surface area contributed by atoms with Gasteiger partial charge in [0.05, 0.1) is 0 Å². The lowest BCUT2D eigenvalue weighted by molar-refractivity contribution is -0.114. The largest absolute Gasteiger partial charge is 0.423 e. The smallest absolute Gasteiger partial charge is 0.254 e. The number of anilines is 1. The van der Waals surface area contributed by atoms with Crippen molar-refractivity contribution in [3.63, 3.8) is 0 Å². The Morgan fingerprint density at radius 3 is 2.85 bits per heavy atom. The summed E-state index contributed by atoms with van der Waals surface area (Å²) in [6.45, 7) is 6.67. The highest BCUT2D eigenvalue weighted by Gasteiger charge is 2.34. The number of aromatic nitrogens is 2. The minimum atomic E-state index is -0.173. The third kappa shape index (κ3) is 3.13. The van der Waals surface area contributed by atoms with Crippen molar-refractivity contribution in [2.45, 2.75) is 38.6 Å². The average molecular weight is 366 g/mol. The summed E-state index contributed by atoms with van der Waals surface area (Å²) in [7, 11) is 0. The molecule has 1 fully saturated rings. The van der Waals surface area contributed by atoms with E-state index in [0.29, 0.717) is 30.4 Å². The van der Waals surface area contributed by atoms with Crippen LogP contribution in [0.1, 0.15) is 53.0 Å². The molecule has 2 aromatic rings. The zero-order valence-electron chi connectivity index (χ0n) is 15.4. The van der Waals surface area contributed by atoms with E-state index in [1.54, 1.807) is 17.9 Å². The van der Waals surface area contributed by atoms with Gasteiger partial charge in [0.15, 0.2) is 0 Å². The highest BCUT2D eigenvalue weighted by Crippen LogP contribution is 2.34. The van der Waals surface area contributed by atoms with Gasteiger partial charge in [-0.3, -0.25) is 9.59 Å². The number of aryl methyl sites for hydroxylation is 2. The van der Waals surface area contributed by atoms with Crippen molar-refractivity contribution in [3.8, 4) is 0 Å². The van der Waals surface area contributed by atoms with Crippen LogP contribution >= 0.6 is 0 Å². The molecule has 7 nitrogen and oxygen atoms in total. The molecule has 1 saturated heterocycles. The maximum absolute atomic E-state index is 13.1. The van der Waals surface area contributed by atoms with Crippen molar-refractivity contribution < 1.29 is 14.0 Å². The van der Waals surface area contributed by atoms with Gasteiger partial charge in [-0.15, -0.1) is 10.2 Å². The van der Waals surface area contributed by atoms with E-state index in [4.69, 9.17) is 4.42 Å². The number of likely N-dealkylation sites (tertiary alicyclic amines) is 1. The SMILES string of the molecule is C=CC(=O)N1CCCc2cc(C(=O)N3CCC[C@@H]3c3nnc(C)o3)ccc21. The van der Waals surface area contributed by atoms with Crippen molar-refractivity contribution in [2.75, 3.05) is 18.0 Å². The van der Waals surface area contributed by atoms with E-state index in [0.717, 1.165) is 36.9 Å². The average Bonchev–Trinajstić information content (AvgIpc) is 3.34. The highest BCUT2D eigenvalue weighted by molar-refractivity contribution is 6.02. The summed E-state index contributed by atoms with van der Waals surface area (Å²) in [6.07, 6.45) is 4.78. The van der Waals surface area contributed by atoms with Gasteiger partial charge in [0, 0.05) is 31.3 Å². The standard InChI is InChI=1S/C20H22N4O3/c1-3-18(25)23-10-4-6-14-12-15(8-9-16(14)23)20(26)24-11-5-7-17(24)19-22-21-13(2)27-19/h3,8-9,12,17H,1,4-7,10-11H2,2H3/t17-/m1/s1. The van der Waals surface area contributed by atoms with Crippen LogP contribution in [0.3, 0.4) is 0 Å². The van der Waals surface area contributed by atoms with Crippen LogP contribution in [0.25, 0.3) is 0 Å². The van der Waals surface area contributed by atoms with Crippen molar-refractivity contribution in [3.05, 3.63) is 53.8 Å². The maximum Gasteiger partial charge on any atom is 0.254 e. The number of carbonyl (C=O) groups is 2. The maximum atomic E-state index is 13.1. The van der Waals surface area contributed by atoms with Crippen molar-refractivity contribution >= 4 is 17.5 Å². The zero-order chi connectivity index (χ0) is 19.0. The Kier molecular flexibility index (Phi) is 4.51. The summed E-state index contributed by atoms with van der Waals surface area (Å²) in [5.74, 6) is 0.855. The Balaban J connectivity index is 1.61. The molecule has 2 aliphatic heterocycles. The van der Waals surface area contributed by atoms with Gasteiger partial charge in [0.2, 0.25) is 17.7 Å². The van der Waals surface area contributed by atoms with Crippen molar-refractivity contribution in [1.29, 1.82) is 0 Å². The van der Waals surface area contributed by atoms with Crippen molar-refractivity contribution in [1.82, 2.24) is 15.1 Å². The Morgan fingerprint density at radius 2 is 2.11 bits per heavy atom. The molecule has 7 heteroatoms. The first-order chi connectivity index (χ1) is 13.1. The molecular weight excluding hydrogens is 344 g/mol. The third-order valence-electron chi connectivity index (χ3n) is 5.23. The molecule has 0 spiro atoms. The summed E-state index contributed by atoms with van der Waals surface area (Å²) < 4.78 is 5.56. The lowest BCUT2D eigenvalue weighted by Crippen LogP contribution is -2.35. The van der Waals surface area contributed by atoms with Gasteiger partial charge in [-0.2, -0.15) is 0 Å². The molecule has 1 atom stereocenters. The number of fused-ring (bicyclic) bond motifs is 1. The molecule has 1 aromatic heterocycles. The zero-order valence-corrected chi connectivity index (χ0v) is 15.4. The number of nitrogens with zero attached hydrogens (tertiary/aromatic N) is 4. The van der Waals surface area contributed by atoms with Gasteiger partial charge in [-0.05, 0) is 55.5 Å². The van der Waals surface area contributed by atoms with E-state index in [1.165, 1.54) is 6.08 Å². The Labute approximate surface area is 157 Å². The van der Waals surface area contributed by atoms with Gasteiger partial charge in [0.1, 0.15) is 6.04 Å². The lowest BCUT2D eigenvalue weighted by atomic mass is 9.98. The van der Waals surface area contributed by atoms with Crippen LogP contribution < -0.4 is 4.90 Å². The first-order valence-corrected chi connectivity index (χ1v) is 9.26. The molecule has 0 bridgehead atoms. The summed E-state index contributed by atoms with van der Waals surface area (Å²) in [5, 5.41) is 7.99. The van der Waals surface area contributed by atoms with Crippen LogP contribution in [0.4, 0.5) is 5.69 Å². The predicted molar refractivity (Wildman–Crippen MR) is 99.4 cm³/mol. The second kappa shape index (κ2) is 6.98. The Morgan fingerprint density at radius 1 is 1.26 bits per heavy atom. The fourth-order valence-electron chi connectivity index (χ4n) is 3.95. The summed E-state index contributed by atoms with van der Waals surface area (Å²) in [4.78, 5) is 28.7. The Hall–Kier alpha value is -2.96. The number of amides is 2. The minimum absolute atomic E-state index is 0.0386. The van der Waals surface area contributed by atoms with Crippen LogP contribution in [-0.4, -0.2) is 40.0 Å². The minimum Gasteiger partial charge on any atom is -0.423 e. The molecule has 0 unspecified atom stereocenters. The predicted octanol–water partition coefficient (Wildman–Crippen LogP) is 2.82. The first kappa shape index (κ1) is 17.5. The van der Waals surface area contributed by atoms with Crippen LogP contribution in [0, 0.1) is 6.92 Å². The summed E-state index contributed by atoms with van der Waals surface area (Å²) in [6, 6.07) is 5.40. The molecule has 27 heavy (non-hydrogen) atoms. The van der Waals surface area contributed by atoms with Gasteiger partial charge < -0.3 is 14.2 Å². The molecule has 140 valence electrons. The van der Waals surface area contributed by atoms with Gasteiger partial charge in [0.25, 0.3) is 5.91 Å². The van der Waals surface area contributed by atoms with E-state index in [2.05, 4.69) is 16.8 Å². The number of hydrogen-bond acceptors (Lipinski definition) is 5. The number of rotatable bonds is 3. The van der Waals surface area contributed by atoms with Crippen LogP contribution in [-0.2, 0) is 11.2 Å². The third-order valence-corrected chi connectivity index (χ3v) is 5.23. The van der Waals surface area contributed by atoms with Gasteiger partial charge in [-0.1, -0.05) is 6.58 Å². The van der Waals surface area contributed by atoms with Crippen LogP contribution in [0.2, 0.25) is 0 Å². The second-order valence-electron chi connectivity index (χ2n) is 6.96. The molecular formula is C20H22N4O3. The van der Waals surface area contributed by atoms with E-state index < -0.39 is 0 Å². The quantitative estimate of drug-likeness (QED) is 0.781. The van der Waals surface area contributed by atoms with Crippen LogP contribution in [0.15, 0.2) is 35.3 Å².